The number of nitrogens with one attached hydrogen (secondary N) is 1. The number of hydrogen-bond donors (Lipinski definition) is 2. The van der Waals surface area contributed by atoms with Gasteiger partial charge in [-0.25, -0.2) is 9.36 Å². The summed E-state index contributed by atoms with van der Waals surface area (Å²) in [6.07, 6.45) is 4.56. The molecule has 1 aromatic heterocycles. The van der Waals surface area contributed by atoms with Crippen LogP contribution in [0.4, 0.5) is 16.2 Å². The van der Waals surface area contributed by atoms with Crippen LogP contribution >= 0.6 is 0 Å². The number of hydrazone groups is 1. The molecule has 1 heterocycles. The Hall–Kier alpha value is -3.38. The van der Waals surface area contributed by atoms with Crippen molar-refractivity contribution in [2.45, 2.75) is 0 Å². The fourth-order valence-corrected chi connectivity index (χ4v) is 2.29. The summed E-state index contributed by atoms with van der Waals surface area (Å²) in [7, 11) is 0. The number of para-hydroxylation sites is 2. The Bertz CT molecular complexity index is 833. The SMILES string of the molecule is O=C(NN=C[n+]1cccc(O)c1)N(c1ccccc1)c1ccccc1.[Cl-]. The lowest BCUT2D eigenvalue weighted by atomic mass is 10.2. The Morgan fingerprint density at radius 3 is 2.08 bits per heavy atom. The van der Waals surface area contributed by atoms with Gasteiger partial charge in [0.2, 0.25) is 0 Å². The number of hydrogen-bond acceptors (Lipinski definition) is 3. The second-order valence-corrected chi connectivity index (χ2v) is 5.18. The molecule has 0 aliphatic heterocycles. The number of pyridine rings is 1. The van der Waals surface area contributed by atoms with Crippen molar-refractivity contribution in [2.75, 3.05) is 4.90 Å². The molecule has 0 saturated heterocycles. The van der Waals surface area contributed by atoms with E-state index in [2.05, 4.69) is 10.5 Å². The lowest BCUT2D eigenvalue weighted by Gasteiger charge is -2.20. The molecule has 6 nitrogen and oxygen atoms in total. The molecule has 0 radical (unpaired) electrons. The van der Waals surface area contributed by atoms with Crippen LogP contribution in [0, 0.1) is 0 Å². The smallest absolute Gasteiger partial charge is 0.365 e. The largest absolute Gasteiger partial charge is 1.00 e. The molecular formula is C19H17ClN4O2. The van der Waals surface area contributed by atoms with Crippen LogP contribution in [0.5, 0.6) is 5.75 Å². The third-order valence-corrected chi connectivity index (χ3v) is 3.39. The molecule has 2 aromatic carbocycles. The minimum absolute atomic E-state index is 0. The Morgan fingerprint density at radius 2 is 1.54 bits per heavy atom. The van der Waals surface area contributed by atoms with Gasteiger partial charge < -0.3 is 17.5 Å². The van der Waals surface area contributed by atoms with Gasteiger partial charge in [-0.2, -0.15) is 0 Å². The van der Waals surface area contributed by atoms with Crippen molar-refractivity contribution < 1.29 is 26.9 Å². The molecule has 7 heteroatoms. The predicted octanol–water partition coefficient (Wildman–Crippen LogP) is 0.0230. The van der Waals surface area contributed by atoms with Crippen LogP contribution < -0.4 is 27.3 Å². The molecule has 0 aliphatic rings. The van der Waals surface area contributed by atoms with Gasteiger partial charge in [-0.3, -0.25) is 4.90 Å². The number of rotatable bonds is 4. The van der Waals surface area contributed by atoms with Gasteiger partial charge in [0.25, 0.3) is 0 Å². The summed E-state index contributed by atoms with van der Waals surface area (Å²) in [6, 6.07) is 21.5. The van der Waals surface area contributed by atoms with Gasteiger partial charge in [0.15, 0.2) is 5.75 Å². The van der Waals surface area contributed by atoms with Crippen LogP contribution in [-0.4, -0.2) is 17.5 Å². The molecular weight excluding hydrogens is 352 g/mol. The van der Waals surface area contributed by atoms with Gasteiger partial charge in [-0.05, 0) is 36.4 Å². The first kappa shape index (κ1) is 19.0. The highest BCUT2D eigenvalue weighted by Crippen LogP contribution is 2.24. The van der Waals surface area contributed by atoms with Crippen LogP contribution in [0.15, 0.2) is 90.3 Å². The van der Waals surface area contributed by atoms with Crippen molar-refractivity contribution in [3.63, 3.8) is 0 Å². The summed E-state index contributed by atoms with van der Waals surface area (Å²) in [5, 5.41) is 13.4. The Labute approximate surface area is 157 Å². The maximum absolute atomic E-state index is 12.6. The molecule has 3 rings (SSSR count). The van der Waals surface area contributed by atoms with E-state index in [0.29, 0.717) is 0 Å². The minimum Gasteiger partial charge on any atom is -1.00 e. The number of carbonyl (C=O) groups is 1. The lowest BCUT2D eigenvalue weighted by Crippen LogP contribution is -3.00. The topological polar surface area (TPSA) is 68.8 Å². The zero-order valence-corrected chi connectivity index (χ0v) is 14.5. The van der Waals surface area contributed by atoms with Crippen LogP contribution in [-0.2, 0) is 0 Å². The fraction of sp³-hybridized carbons (Fsp3) is 0. The van der Waals surface area contributed by atoms with Crippen molar-refractivity contribution in [2.24, 2.45) is 5.10 Å². The second kappa shape index (κ2) is 9.19. The molecule has 0 aliphatic carbocycles. The second-order valence-electron chi connectivity index (χ2n) is 5.18. The summed E-state index contributed by atoms with van der Waals surface area (Å²) in [5.41, 5.74) is 3.96. The Kier molecular flexibility index (Phi) is 6.70. The number of anilines is 2. The van der Waals surface area contributed by atoms with Gasteiger partial charge in [-0.15, -0.1) is 5.43 Å². The number of halogens is 1. The molecule has 132 valence electrons. The molecule has 2 N–H and O–H groups in total. The van der Waals surface area contributed by atoms with Gasteiger partial charge in [-0.1, -0.05) is 36.4 Å². The predicted molar refractivity (Wildman–Crippen MR) is 95.7 cm³/mol. The Morgan fingerprint density at radius 1 is 0.962 bits per heavy atom. The highest BCUT2D eigenvalue weighted by molar-refractivity contribution is 5.99. The van der Waals surface area contributed by atoms with Gasteiger partial charge >= 0.3 is 12.4 Å². The number of amides is 2. The minimum atomic E-state index is -0.394. The summed E-state index contributed by atoms with van der Waals surface area (Å²) < 4.78 is 1.53. The van der Waals surface area contributed by atoms with Crippen LogP contribution in [0.25, 0.3) is 0 Å². The van der Waals surface area contributed by atoms with E-state index in [4.69, 9.17) is 0 Å². The van der Waals surface area contributed by atoms with Crippen molar-refractivity contribution >= 4 is 23.7 Å². The van der Waals surface area contributed by atoms with Crippen LogP contribution in [0.3, 0.4) is 0 Å². The highest BCUT2D eigenvalue weighted by Gasteiger charge is 2.18. The van der Waals surface area contributed by atoms with Gasteiger partial charge in [0.05, 0.1) is 17.6 Å². The zero-order chi connectivity index (χ0) is 17.5. The molecule has 0 spiro atoms. The third-order valence-electron chi connectivity index (χ3n) is 3.39. The number of aromatic hydroxyl groups is 1. The first-order valence-electron chi connectivity index (χ1n) is 7.67. The number of nitrogens with zero attached hydrogens (tertiary/aromatic N) is 3. The lowest BCUT2D eigenvalue weighted by molar-refractivity contribution is -0.546. The third kappa shape index (κ3) is 4.81. The van der Waals surface area contributed by atoms with Crippen molar-refractivity contribution in [1.29, 1.82) is 0 Å². The molecule has 0 fully saturated rings. The number of aromatic nitrogens is 1. The number of urea groups is 1. The fourth-order valence-electron chi connectivity index (χ4n) is 2.29. The molecule has 0 atom stereocenters. The summed E-state index contributed by atoms with van der Waals surface area (Å²) in [5.74, 6) is 0.107. The van der Waals surface area contributed by atoms with Crippen LogP contribution in [0.2, 0.25) is 0 Å². The first-order chi connectivity index (χ1) is 12.2. The van der Waals surface area contributed by atoms with Gasteiger partial charge in [0.1, 0.15) is 6.20 Å². The summed E-state index contributed by atoms with van der Waals surface area (Å²) >= 11 is 0. The van der Waals surface area contributed by atoms with Crippen molar-refractivity contribution in [3.05, 3.63) is 85.2 Å². The Balaban J connectivity index is 0.00000243. The quantitative estimate of drug-likeness (QED) is 0.295. The van der Waals surface area contributed by atoms with Crippen molar-refractivity contribution in [3.8, 4) is 5.75 Å². The average Bonchev–Trinajstić information content (AvgIpc) is 2.64. The van der Waals surface area contributed by atoms with Crippen molar-refractivity contribution in [1.82, 2.24) is 5.43 Å². The monoisotopic (exact) mass is 368 g/mol. The van der Waals surface area contributed by atoms with E-state index in [1.807, 2.05) is 60.7 Å². The van der Waals surface area contributed by atoms with E-state index in [1.54, 1.807) is 18.3 Å². The van der Waals surface area contributed by atoms with E-state index >= 15 is 0 Å². The molecule has 0 unspecified atom stereocenters. The standard InChI is InChI=1S/C19H16N4O2.ClH/c24-18-12-7-13-22(14-18)15-20-21-19(25)23(16-8-3-1-4-9-16)17-10-5-2-6-11-17;/h1-15H,(H-,21,24,25);1H. The van der Waals surface area contributed by atoms with E-state index < -0.39 is 6.03 Å². The average molecular weight is 369 g/mol. The van der Waals surface area contributed by atoms with Gasteiger partial charge in [0, 0.05) is 5.10 Å². The maximum Gasteiger partial charge on any atom is 0.365 e. The number of carbonyl (C=O) groups excluding carboxylic acids is 1. The number of benzene rings is 2. The van der Waals surface area contributed by atoms with Crippen LogP contribution in [0.1, 0.15) is 0 Å². The summed E-state index contributed by atoms with van der Waals surface area (Å²) in [6.45, 7) is 0. The zero-order valence-electron chi connectivity index (χ0n) is 13.7. The van der Waals surface area contributed by atoms with E-state index in [1.165, 1.54) is 22.0 Å². The molecule has 0 saturated carbocycles. The molecule has 3 aromatic rings. The van der Waals surface area contributed by atoms with E-state index in [9.17, 15) is 9.90 Å². The molecule has 26 heavy (non-hydrogen) atoms. The maximum atomic E-state index is 12.6. The molecule has 2 amide bonds. The van der Waals surface area contributed by atoms with E-state index in [-0.39, 0.29) is 18.2 Å². The highest BCUT2D eigenvalue weighted by atomic mass is 35.5. The normalized spacial score (nSPS) is 10.2. The first-order valence-corrected chi connectivity index (χ1v) is 7.67. The van der Waals surface area contributed by atoms with E-state index in [0.717, 1.165) is 11.4 Å². The summed E-state index contributed by atoms with van der Waals surface area (Å²) in [4.78, 5) is 14.2. The molecule has 0 bridgehead atoms.